The van der Waals surface area contributed by atoms with Crippen molar-refractivity contribution in [2.24, 2.45) is 0 Å². The van der Waals surface area contributed by atoms with Crippen molar-refractivity contribution < 1.29 is 18.5 Å². The minimum atomic E-state index is -0.759. The zero-order valence-corrected chi connectivity index (χ0v) is 14.4. The van der Waals surface area contributed by atoms with Crippen LogP contribution in [0.3, 0.4) is 0 Å². The standard InChI is InChI=1S/C18H18N2O5/c1-18(2,3)13-9-14(25-20-13)19-16(21)11-8-10-6-5-7-12(23-4)15(10)24-17(11)22/h5-9H,1-4H3,(H,19,21). The monoisotopic (exact) mass is 342 g/mol. The fourth-order valence-corrected chi connectivity index (χ4v) is 2.30. The minimum Gasteiger partial charge on any atom is -0.493 e. The summed E-state index contributed by atoms with van der Waals surface area (Å²) in [5.41, 5.74) is -0.121. The molecule has 0 aliphatic rings. The highest BCUT2D eigenvalue weighted by atomic mass is 16.5. The van der Waals surface area contributed by atoms with Crippen molar-refractivity contribution >= 4 is 22.8 Å². The second-order valence-electron chi connectivity index (χ2n) is 6.61. The van der Waals surface area contributed by atoms with E-state index in [1.54, 1.807) is 24.3 Å². The van der Waals surface area contributed by atoms with Gasteiger partial charge in [0.1, 0.15) is 5.56 Å². The van der Waals surface area contributed by atoms with Crippen molar-refractivity contribution in [2.75, 3.05) is 12.4 Å². The Labute approximate surface area is 143 Å². The minimum absolute atomic E-state index is 0.130. The molecule has 0 atom stereocenters. The van der Waals surface area contributed by atoms with Gasteiger partial charge < -0.3 is 13.7 Å². The lowest BCUT2D eigenvalue weighted by Crippen LogP contribution is -2.20. The summed E-state index contributed by atoms with van der Waals surface area (Å²) in [7, 11) is 1.48. The number of rotatable bonds is 3. The molecule has 0 spiro atoms. The van der Waals surface area contributed by atoms with Crippen molar-refractivity contribution in [3.05, 3.63) is 52.0 Å². The molecule has 3 aromatic rings. The van der Waals surface area contributed by atoms with Crippen LogP contribution in [0.5, 0.6) is 5.75 Å². The zero-order chi connectivity index (χ0) is 18.2. The maximum absolute atomic E-state index is 12.4. The predicted octanol–water partition coefficient (Wildman–Crippen LogP) is 3.34. The fraction of sp³-hybridized carbons (Fsp3) is 0.278. The Morgan fingerprint density at radius 2 is 2.00 bits per heavy atom. The molecule has 0 aliphatic heterocycles. The highest BCUT2D eigenvalue weighted by Gasteiger charge is 2.21. The van der Waals surface area contributed by atoms with Crippen LogP contribution in [0, 0.1) is 0 Å². The van der Waals surface area contributed by atoms with Crippen LogP contribution in [0.1, 0.15) is 36.8 Å². The van der Waals surface area contributed by atoms with E-state index in [4.69, 9.17) is 13.7 Å². The van der Waals surface area contributed by atoms with Crippen LogP contribution in [-0.4, -0.2) is 18.2 Å². The first kappa shape index (κ1) is 16.8. The van der Waals surface area contributed by atoms with Crippen molar-refractivity contribution in [1.29, 1.82) is 0 Å². The topological polar surface area (TPSA) is 94.6 Å². The molecular weight excluding hydrogens is 324 g/mol. The highest BCUT2D eigenvalue weighted by Crippen LogP contribution is 2.26. The van der Waals surface area contributed by atoms with E-state index >= 15 is 0 Å². The Balaban J connectivity index is 1.93. The first-order valence-electron chi connectivity index (χ1n) is 7.69. The van der Waals surface area contributed by atoms with E-state index in [1.165, 1.54) is 13.2 Å². The van der Waals surface area contributed by atoms with Crippen LogP contribution >= 0.6 is 0 Å². The van der Waals surface area contributed by atoms with Gasteiger partial charge >= 0.3 is 5.63 Å². The Hall–Kier alpha value is -3.09. The number of anilines is 1. The number of para-hydroxylation sites is 1. The second kappa shape index (κ2) is 6.08. The Kier molecular flexibility index (Phi) is 4.08. The summed E-state index contributed by atoms with van der Waals surface area (Å²) in [6.45, 7) is 5.92. The number of carbonyl (C=O) groups is 1. The number of amides is 1. The third-order valence-corrected chi connectivity index (χ3v) is 3.70. The summed E-state index contributed by atoms with van der Waals surface area (Å²) in [6, 6.07) is 8.23. The van der Waals surface area contributed by atoms with Gasteiger partial charge in [0.2, 0.25) is 5.88 Å². The average molecular weight is 342 g/mol. The molecule has 2 heterocycles. The van der Waals surface area contributed by atoms with Crippen LogP contribution in [0.2, 0.25) is 0 Å². The number of methoxy groups -OCH3 is 1. The molecule has 25 heavy (non-hydrogen) atoms. The normalized spacial score (nSPS) is 11.5. The maximum atomic E-state index is 12.4. The van der Waals surface area contributed by atoms with Crippen LogP contribution < -0.4 is 15.7 Å². The number of fused-ring (bicyclic) bond motifs is 1. The lowest BCUT2D eigenvalue weighted by atomic mass is 9.92. The van der Waals surface area contributed by atoms with Gasteiger partial charge in [0.05, 0.1) is 12.8 Å². The summed E-state index contributed by atoms with van der Waals surface area (Å²) in [6.07, 6.45) is 0. The van der Waals surface area contributed by atoms with E-state index in [2.05, 4.69) is 10.5 Å². The molecule has 1 N–H and O–H groups in total. The van der Waals surface area contributed by atoms with E-state index in [0.29, 0.717) is 22.4 Å². The van der Waals surface area contributed by atoms with E-state index in [9.17, 15) is 9.59 Å². The summed E-state index contributed by atoms with van der Waals surface area (Å²) < 4.78 is 15.5. The molecule has 2 aromatic heterocycles. The largest absolute Gasteiger partial charge is 0.493 e. The molecule has 0 fully saturated rings. The Morgan fingerprint density at radius 3 is 2.64 bits per heavy atom. The summed E-state index contributed by atoms with van der Waals surface area (Å²) in [5.74, 6) is -0.0400. The molecule has 0 radical (unpaired) electrons. The Morgan fingerprint density at radius 1 is 1.24 bits per heavy atom. The molecule has 1 amide bonds. The number of benzene rings is 1. The van der Waals surface area contributed by atoms with Gasteiger partial charge in [-0.1, -0.05) is 38.1 Å². The van der Waals surface area contributed by atoms with Crippen molar-refractivity contribution in [2.45, 2.75) is 26.2 Å². The molecule has 0 saturated carbocycles. The smallest absolute Gasteiger partial charge is 0.349 e. The third-order valence-electron chi connectivity index (χ3n) is 3.70. The first-order chi connectivity index (χ1) is 11.8. The van der Waals surface area contributed by atoms with E-state index < -0.39 is 11.5 Å². The number of aromatic nitrogens is 1. The lowest BCUT2D eigenvalue weighted by molar-refractivity contribution is 0.102. The van der Waals surface area contributed by atoms with Gasteiger partial charge in [0, 0.05) is 16.9 Å². The van der Waals surface area contributed by atoms with Crippen molar-refractivity contribution in [3.63, 3.8) is 0 Å². The van der Waals surface area contributed by atoms with Gasteiger partial charge in [-0.2, -0.15) is 0 Å². The maximum Gasteiger partial charge on any atom is 0.349 e. The van der Waals surface area contributed by atoms with Gasteiger partial charge in [-0.05, 0) is 12.1 Å². The molecule has 0 saturated heterocycles. The predicted molar refractivity (Wildman–Crippen MR) is 92.2 cm³/mol. The highest BCUT2D eigenvalue weighted by molar-refractivity contribution is 6.05. The number of nitrogens with zero attached hydrogens (tertiary/aromatic N) is 1. The summed E-state index contributed by atoms with van der Waals surface area (Å²) in [4.78, 5) is 24.6. The van der Waals surface area contributed by atoms with Gasteiger partial charge in [0.25, 0.3) is 5.91 Å². The van der Waals surface area contributed by atoms with Crippen molar-refractivity contribution in [1.82, 2.24) is 5.16 Å². The van der Waals surface area contributed by atoms with Gasteiger partial charge in [-0.15, -0.1) is 0 Å². The average Bonchev–Trinajstić information content (AvgIpc) is 3.02. The number of hydrogen-bond acceptors (Lipinski definition) is 6. The molecule has 0 unspecified atom stereocenters. The van der Waals surface area contributed by atoms with Crippen LogP contribution in [-0.2, 0) is 5.41 Å². The molecule has 7 heteroatoms. The quantitative estimate of drug-likeness (QED) is 0.734. The number of hydrogen-bond donors (Lipinski definition) is 1. The second-order valence-corrected chi connectivity index (χ2v) is 6.61. The molecule has 1 aromatic carbocycles. The molecule has 0 aliphatic carbocycles. The fourth-order valence-electron chi connectivity index (χ4n) is 2.30. The zero-order valence-electron chi connectivity index (χ0n) is 14.4. The molecule has 3 rings (SSSR count). The van der Waals surface area contributed by atoms with Crippen molar-refractivity contribution in [3.8, 4) is 5.75 Å². The van der Waals surface area contributed by atoms with Gasteiger partial charge in [0.15, 0.2) is 11.3 Å². The first-order valence-corrected chi connectivity index (χ1v) is 7.69. The Bertz CT molecular complexity index is 995. The van der Waals surface area contributed by atoms with Crippen LogP contribution in [0.15, 0.2) is 44.1 Å². The lowest BCUT2D eigenvalue weighted by Gasteiger charge is -2.12. The van der Waals surface area contributed by atoms with E-state index in [0.717, 1.165) is 0 Å². The van der Waals surface area contributed by atoms with Gasteiger partial charge in [-0.3, -0.25) is 10.1 Å². The van der Waals surface area contributed by atoms with E-state index in [1.807, 2.05) is 20.8 Å². The van der Waals surface area contributed by atoms with Crippen LogP contribution in [0.4, 0.5) is 5.88 Å². The molecule has 130 valence electrons. The summed E-state index contributed by atoms with van der Waals surface area (Å²) in [5, 5.41) is 7.03. The number of carbonyl (C=O) groups excluding carboxylic acids is 1. The number of ether oxygens (including phenoxy) is 1. The van der Waals surface area contributed by atoms with Crippen LogP contribution in [0.25, 0.3) is 11.0 Å². The molecule has 7 nitrogen and oxygen atoms in total. The van der Waals surface area contributed by atoms with E-state index in [-0.39, 0.29) is 16.9 Å². The number of nitrogens with one attached hydrogen (secondary N) is 1. The SMILES string of the molecule is COc1cccc2cc(C(=O)Nc3cc(C(C)(C)C)no3)c(=O)oc12. The molecular formula is C18H18N2O5. The third kappa shape index (κ3) is 3.26. The summed E-state index contributed by atoms with van der Waals surface area (Å²) >= 11 is 0. The van der Waals surface area contributed by atoms with Gasteiger partial charge in [-0.25, -0.2) is 4.79 Å². The molecule has 0 bridgehead atoms.